The van der Waals surface area contributed by atoms with Gasteiger partial charge in [-0.15, -0.1) is 10.2 Å². The van der Waals surface area contributed by atoms with Gasteiger partial charge < -0.3 is 9.47 Å². The molecule has 2 aromatic heterocycles. The number of aromatic nitrogens is 5. The zero-order chi connectivity index (χ0) is 18.5. The van der Waals surface area contributed by atoms with E-state index in [1.807, 2.05) is 46.0 Å². The first-order valence-corrected chi connectivity index (χ1v) is 9.24. The second-order valence-corrected chi connectivity index (χ2v) is 6.68. The van der Waals surface area contributed by atoms with Gasteiger partial charge in [-0.25, -0.2) is 4.68 Å². The van der Waals surface area contributed by atoms with Gasteiger partial charge in [-0.2, -0.15) is 5.10 Å². The van der Waals surface area contributed by atoms with Crippen LogP contribution in [0, 0.1) is 0 Å². The van der Waals surface area contributed by atoms with Crippen LogP contribution in [-0.4, -0.2) is 73.0 Å². The van der Waals surface area contributed by atoms with E-state index in [0.717, 1.165) is 56.9 Å². The van der Waals surface area contributed by atoms with Crippen molar-refractivity contribution in [1.82, 2.24) is 34.3 Å². The molecule has 1 aliphatic heterocycles. The Bertz CT molecular complexity index is 843. The highest BCUT2D eigenvalue weighted by atomic mass is 16.2. The molecule has 1 saturated heterocycles. The predicted molar refractivity (Wildman–Crippen MR) is 101 cm³/mol. The summed E-state index contributed by atoms with van der Waals surface area (Å²) in [7, 11) is 0. The number of carbonyl (C=O) groups excluding carboxylic acids is 1. The highest BCUT2D eigenvalue weighted by Crippen LogP contribution is 2.13. The summed E-state index contributed by atoms with van der Waals surface area (Å²) in [6.07, 6.45) is 8.09. The van der Waals surface area contributed by atoms with Crippen LogP contribution in [0.1, 0.15) is 16.8 Å². The van der Waals surface area contributed by atoms with E-state index < -0.39 is 0 Å². The smallest absolute Gasteiger partial charge is 0.253 e. The minimum Gasteiger partial charge on any atom is -0.337 e. The molecule has 8 heteroatoms. The lowest BCUT2D eigenvalue weighted by Crippen LogP contribution is -2.36. The first-order valence-electron chi connectivity index (χ1n) is 9.24. The minimum atomic E-state index is 0.0997. The highest BCUT2D eigenvalue weighted by Gasteiger charge is 2.20. The van der Waals surface area contributed by atoms with Crippen LogP contribution in [0.4, 0.5) is 0 Å². The van der Waals surface area contributed by atoms with Gasteiger partial charge >= 0.3 is 0 Å². The second-order valence-electron chi connectivity index (χ2n) is 6.68. The summed E-state index contributed by atoms with van der Waals surface area (Å²) in [5, 5.41) is 11.9. The summed E-state index contributed by atoms with van der Waals surface area (Å²) in [6, 6.07) is 9.51. The molecule has 0 unspecified atom stereocenters. The zero-order valence-corrected chi connectivity index (χ0v) is 15.2. The van der Waals surface area contributed by atoms with Crippen LogP contribution in [0.2, 0.25) is 0 Å². The third-order valence-electron chi connectivity index (χ3n) is 4.90. The molecule has 3 aromatic rings. The number of carbonyl (C=O) groups is 1. The van der Waals surface area contributed by atoms with Crippen LogP contribution >= 0.6 is 0 Å². The van der Waals surface area contributed by atoms with Crippen molar-refractivity contribution < 1.29 is 4.79 Å². The summed E-state index contributed by atoms with van der Waals surface area (Å²) < 4.78 is 3.77. The van der Waals surface area contributed by atoms with E-state index in [2.05, 4.69) is 20.2 Å². The third kappa shape index (κ3) is 4.22. The lowest BCUT2D eigenvalue weighted by Gasteiger charge is -2.22. The van der Waals surface area contributed by atoms with Crippen molar-refractivity contribution >= 4 is 5.91 Å². The largest absolute Gasteiger partial charge is 0.337 e. The molecule has 1 fully saturated rings. The van der Waals surface area contributed by atoms with Gasteiger partial charge in [0.25, 0.3) is 5.91 Å². The van der Waals surface area contributed by atoms with E-state index in [4.69, 9.17) is 0 Å². The first-order chi connectivity index (χ1) is 13.3. The minimum absolute atomic E-state index is 0.0997. The Hall–Kier alpha value is -3.00. The maximum atomic E-state index is 12.9. The van der Waals surface area contributed by atoms with E-state index in [9.17, 15) is 4.79 Å². The monoisotopic (exact) mass is 365 g/mol. The summed E-state index contributed by atoms with van der Waals surface area (Å²) in [4.78, 5) is 17.2. The van der Waals surface area contributed by atoms with Crippen LogP contribution < -0.4 is 0 Å². The van der Waals surface area contributed by atoms with Crippen molar-refractivity contribution in [3.63, 3.8) is 0 Å². The quantitative estimate of drug-likeness (QED) is 0.682. The molecular formula is C19H23N7O. The third-order valence-corrected chi connectivity index (χ3v) is 4.90. The Morgan fingerprint density at radius 3 is 2.52 bits per heavy atom. The number of hydrogen-bond donors (Lipinski definition) is 0. The fraction of sp³-hybridized carbons (Fsp3) is 0.368. The molecule has 0 spiro atoms. The average molecular weight is 365 g/mol. The van der Waals surface area contributed by atoms with E-state index >= 15 is 0 Å². The lowest BCUT2D eigenvalue weighted by atomic mass is 10.1. The van der Waals surface area contributed by atoms with Crippen LogP contribution in [-0.2, 0) is 6.54 Å². The molecule has 0 aliphatic carbocycles. The van der Waals surface area contributed by atoms with Crippen molar-refractivity contribution in [3.8, 4) is 5.69 Å². The highest BCUT2D eigenvalue weighted by molar-refractivity contribution is 5.94. The Labute approximate surface area is 158 Å². The average Bonchev–Trinajstić information content (AvgIpc) is 3.37. The van der Waals surface area contributed by atoms with Gasteiger partial charge in [0.1, 0.15) is 12.7 Å². The fourth-order valence-corrected chi connectivity index (χ4v) is 3.35. The molecule has 0 radical (unpaired) electrons. The van der Waals surface area contributed by atoms with Crippen LogP contribution in [0.5, 0.6) is 0 Å². The molecule has 1 aromatic carbocycles. The van der Waals surface area contributed by atoms with Crippen molar-refractivity contribution in [3.05, 3.63) is 60.9 Å². The Morgan fingerprint density at radius 1 is 0.963 bits per heavy atom. The molecule has 140 valence electrons. The lowest BCUT2D eigenvalue weighted by molar-refractivity contribution is 0.0761. The molecule has 3 heterocycles. The number of rotatable bonds is 5. The van der Waals surface area contributed by atoms with E-state index in [1.165, 1.54) is 0 Å². The first kappa shape index (κ1) is 17.4. The van der Waals surface area contributed by atoms with E-state index in [1.54, 1.807) is 23.5 Å². The normalized spacial score (nSPS) is 15.6. The Morgan fingerprint density at radius 2 is 1.78 bits per heavy atom. The van der Waals surface area contributed by atoms with Crippen molar-refractivity contribution in [1.29, 1.82) is 0 Å². The second kappa shape index (κ2) is 8.13. The van der Waals surface area contributed by atoms with Crippen molar-refractivity contribution in [2.45, 2.75) is 13.0 Å². The summed E-state index contributed by atoms with van der Waals surface area (Å²) in [6.45, 7) is 5.25. The van der Waals surface area contributed by atoms with E-state index in [0.29, 0.717) is 0 Å². The Kier molecular flexibility index (Phi) is 5.24. The number of benzene rings is 1. The summed E-state index contributed by atoms with van der Waals surface area (Å²) >= 11 is 0. The van der Waals surface area contributed by atoms with Crippen molar-refractivity contribution in [2.75, 3.05) is 32.7 Å². The maximum absolute atomic E-state index is 12.9. The molecule has 1 aliphatic rings. The van der Waals surface area contributed by atoms with Gasteiger partial charge in [-0.05, 0) is 43.3 Å². The molecule has 27 heavy (non-hydrogen) atoms. The topological polar surface area (TPSA) is 72.1 Å². The SMILES string of the molecule is O=C(c1ccc(-n2cccn2)cc1)N1CCCN(CCn2cnnc2)CC1. The molecular weight excluding hydrogens is 342 g/mol. The van der Waals surface area contributed by atoms with Crippen molar-refractivity contribution in [2.24, 2.45) is 0 Å². The van der Waals surface area contributed by atoms with Gasteiger partial charge in [-0.3, -0.25) is 9.69 Å². The van der Waals surface area contributed by atoms with Gasteiger partial charge in [0.2, 0.25) is 0 Å². The van der Waals surface area contributed by atoms with E-state index in [-0.39, 0.29) is 5.91 Å². The van der Waals surface area contributed by atoms with Crippen LogP contribution in [0.25, 0.3) is 5.69 Å². The maximum Gasteiger partial charge on any atom is 0.253 e. The standard InChI is InChI=1S/C19H23N7O/c27-19(17-3-5-18(6-4-17)26-10-1-7-22-26)25-9-2-8-23(13-14-25)11-12-24-15-20-21-16-24/h1,3-7,10,15-16H,2,8-9,11-14H2. The zero-order valence-electron chi connectivity index (χ0n) is 15.2. The number of hydrogen-bond acceptors (Lipinski definition) is 5. The van der Waals surface area contributed by atoms with Gasteiger partial charge in [0.05, 0.1) is 5.69 Å². The van der Waals surface area contributed by atoms with Gasteiger partial charge in [-0.1, -0.05) is 0 Å². The summed E-state index contributed by atoms with van der Waals surface area (Å²) in [5.74, 6) is 0.0997. The van der Waals surface area contributed by atoms with Crippen LogP contribution in [0.15, 0.2) is 55.4 Å². The molecule has 0 N–H and O–H groups in total. The molecule has 4 rings (SSSR count). The fourth-order valence-electron chi connectivity index (χ4n) is 3.35. The molecule has 0 saturated carbocycles. The predicted octanol–water partition coefficient (Wildman–Crippen LogP) is 1.31. The molecule has 0 atom stereocenters. The molecule has 0 bridgehead atoms. The van der Waals surface area contributed by atoms with Gasteiger partial charge in [0.15, 0.2) is 0 Å². The number of amides is 1. The molecule has 1 amide bonds. The summed E-state index contributed by atoms with van der Waals surface area (Å²) in [5.41, 5.74) is 1.68. The molecule has 8 nitrogen and oxygen atoms in total. The number of nitrogens with zero attached hydrogens (tertiary/aromatic N) is 7. The Balaban J connectivity index is 1.33. The van der Waals surface area contributed by atoms with Gasteiger partial charge in [0, 0.05) is 50.7 Å². The van der Waals surface area contributed by atoms with Crippen LogP contribution in [0.3, 0.4) is 0 Å².